The number of carbonyl (C=O) groups is 1. The van der Waals surface area contributed by atoms with E-state index in [-0.39, 0.29) is 11.4 Å². The van der Waals surface area contributed by atoms with Gasteiger partial charge in [0.05, 0.1) is 0 Å². The second-order valence-electron chi connectivity index (χ2n) is 5.30. The molecule has 1 fully saturated rings. The number of hydrogen-bond acceptors (Lipinski definition) is 4. The average molecular weight is 263 g/mol. The summed E-state index contributed by atoms with van der Waals surface area (Å²) in [5, 5.41) is 3.12. The van der Waals surface area contributed by atoms with Crippen molar-refractivity contribution in [3.63, 3.8) is 0 Å². The van der Waals surface area contributed by atoms with Gasteiger partial charge in [0.1, 0.15) is 0 Å². The lowest BCUT2D eigenvalue weighted by molar-refractivity contribution is 0.0422. The maximum absolute atomic E-state index is 12.3. The van der Waals surface area contributed by atoms with E-state index in [9.17, 15) is 4.79 Å². The monoisotopic (exact) mass is 263 g/mol. The lowest BCUT2D eigenvalue weighted by Gasteiger charge is -2.34. The molecule has 1 aliphatic heterocycles. The molecule has 1 amide bonds. The molecule has 4 N–H and O–H groups in total. The minimum absolute atomic E-state index is 0.0366. The van der Waals surface area contributed by atoms with Crippen molar-refractivity contribution in [3.8, 4) is 0 Å². The van der Waals surface area contributed by atoms with Gasteiger partial charge in [-0.1, -0.05) is 0 Å². The van der Waals surface area contributed by atoms with Gasteiger partial charge in [0, 0.05) is 30.0 Å². The summed E-state index contributed by atoms with van der Waals surface area (Å²) in [5.41, 5.74) is 4.79. The zero-order valence-corrected chi connectivity index (χ0v) is 11.5. The lowest BCUT2D eigenvalue weighted by atomic mass is 9.92. The average Bonchev–Trinajstić information content (AvgIpc) is 2.38. The Labute approximate surface area is 113 Å². The third-order valence-corrected chi connectivity index (χ3v) is 3.65. The highest BCUT2D eigenvalue weighted by Gasteiger charge is 2.29. The van der Waals surface area contributed by atoms with Gasteiger partial charge in [-0.3, -0.25) is 10.6 Å². The molecular formula is C14H21N3O2. The highest BCUT2D eigenvalue weighted by Crippen LogP contribution is 2.21. The van der Waals surface area contributed by atoms with Crippen LogP contribution in [-0.2, 0) is 4.74 Å². The maximum Gasteiger partial charge on any atom is 0.251 e. The molecule has 1 heterocycles. The number of nitrogen functional groups attached to an aromatic ring is 1. The first-order valence-corrected chi connectivity index (χ1v) is 6.52. The number of aryl methyl sites for hydroxylation is 1. The van der Waals surface area contributed by atoms with Gasteiger partial charge in [-0.15, -0.1) is 0 Å². The van der Waals surface area contributed by atoms with Crippen molar-refractivity contribution < 1.29 is 9.53 Å². The Morgan fingerprint density at radius 1 is 1.37 bits per heavy atom. The minimum Gasteiger partial charge on any atom is -0.381 e. The van der Waals surface area contributed by atoms with Crippen molar-refractivity contribution in [2.45, 2.75) is 32.2 Å². The highest BCUT2D eigenvalue weighted by atomic mass is 16.5. The summed E-state index contributed by atoms with van der Waals surface area (Å²) in [6.45, 7) is 5.37. The summed E-state index contributed by atoms with van der Waals surface area (Å²) in [6.07, 6.45) is 1.69. The van der Waals surface area contributed by atoms with Gasteiger partial charge in [0.2, 0.25) is 0 Å². The van der Waals surface area contributed by atoms with Crippen molar-refractivity contribution in [3.05, 3.63) is 29.3 Å². The van der Waals surface area contributed by atoms with Crippen LogP contribution in [0.3, 0.4) is 0 Å². The van der Waals surface area contributed by atoms with Gasteiger partial charge >= 0.3 is 0 Å². The van der Waals surface area contributed by atoms with Crippen LogP contribution in [0, 0.1) is 6.92 Å². The number of amides is 1. The summed E-state index contributed by atoms with van der Waals surface area (Å²) in [6, 6.07) is 5.46. The van der Waals surface area contributed by atoms with E-state index in [1.807, 2.05) is 13.0 Å². The number of hydrogen-bond donors (Lipinski definition) is 3. The molecule has 5 nitrogen and oxygen atoms in total. The molecule has 0 radical (unpaired) electrons. The normalized spacial score (nSPS) is 17.8. The Morgan fingerprint density at radius 2 is 2.05 bits per heavy atom. The van der Waals surface area contributed by atoms with Gasteiger partial charge < -0.3 is 15.5 Å². The molecular weight excluding hydrogens is 242 g/mol. The molecule has 0 unspecified atom stereocenters. The van der Waals surface area contributed by atoms with E-state index in [0.29, 0.717) is 18.8 Å². The fourth-order valence-electron chi connectivity index (χ4n) is 2.30. The second kappa shape index (κ2) is 5.59. The molecule has 19 heavy (non-hydrogen) atoms. The Morgan fingerprint density at radius 3 is 2.63 bits per heavy atom. The van der Waals surface area contributed by atoms with Crippen molar-refractivity contribution in [1.82, 2.24) is 5.32 Å². The first kappa shape index (κ1) is 13.8. The van der Waals surface area contributed by atoms with E-state index < -0.39 is 0 Å². The third-order valence-electron chi connectivity index (χ3n) is 3.65. The number of nitrogens with two attached hydrogens (primary N) is 1. The van der Waals surface area contributed by atoms with E-state index in [4.69, 9.17) is 10.6 Å². The van der Waals surface area contributed by atoms with Gasteiger partial charge in [-0.25, -0.2) is 0 Å². The minimum atomic E-state index is -0.174. The molecule has 0 spiro atoms. The fourth-order valence-corrected chi connectivity index (χ4v) is 2.30. The molecule has 0 saturated carbocycles. The maximum atomic E-state index is 12.3. The molecule has 0 aliphatic carbocycles. The molecule has 1 aromatic carbocycles. The fraction of sp³-hybridized carbons (Fsp3) is 0.500. The molecule has 0 bridgehead atoms. The summed E-state index contributed by atoms with van der Waals surface area (Å²) < 4.78 is 5.33. The predicted molar refractivity (Wildman–Crippen MR) is 74.9 cm³/mol. The number of anilines is 1. The molecule has 1 aliphatic rings. The Bertz CT molecular complexity index is 468. The van der Waals surface area contributed by atoms with Crippen LogP contribution in [0.1, 0.15) is 35.7 Å². The summed E-state index contributed by atoms with van der Waals surface area (Å²) in [7, 11) is 0. The molecule has 104 valence electrons. The number of carbonyl (C=O) groups excluding carboxylic acids is 1. The molecule has 0 atom stereocenters. The van der Waals surface area contributed by atoms with E-state index in [0.717, 1.165) is 24.1 Å². The van der Waals surface area contributed by atoms with Crippen LogP contribution in [0.2, 0.25) is 0 Å². The molecule has 5 heteroatoms. The number of ether oxygens (including phenoxy) is 1. The van der Waals surface area contributed by atoms with Crippen LogP contribution in [-0.4, -0.2) is 24.7 Å². The van der Waals surface area contributed by atoms with Crippen LogP contribution < -0.4 is 16.6 Å². The standard InChI is InChI=1S/C14H21N3O2/c1-10-9-11(17-15)3-4-12(10)13(18)16-14(2)5-7-19-8-6-14/h3-4,9,17H,5-8,15H2,1-2H3,(H,16,18). The Kier molecular flexibility index (Phi) is 4.07. The number of benzene rings is 1. The van der Waals surface area contributed by atoms with Crippen LogP contribution in [0.15, 0.2) is 18.2 Å². The van der Waals surface area contributed by atoms with Gasteiger partial charge in [0.25, 0.3) is 5.91 Å². The van der Waals surface area contributed by atoms with E-state index >= 15 is 0 Å². The number of nitrogens with one attached hydrogen (secondary N) is 2. The van der Waals surface area contributed by atoms with Crippen molar-refractivity contribution in [2.75, 3.05) is 18.6 Å². The van der Waals surface area contributed by atoms with Crippen molar-refractivity contribution in [1.29, 1.82) is 0 Å². The first-order chi connectivity index (χ1) is 9.04. The third kappa shape index (κ3) is 3.24. The van der Waals surface area contributed by atoms with Crippen LogP contribution in [0.5, 0.6) is 0 Å². The summed E-state index contributed by atoms with van der Waals surface area (Å²) >= 11 is 0. The summed E-state index contributed by atoms with van der Waals surface area (Å²) in [4.78, 5) is 12.3. The number of hydrazine groups is 1. The highest BCUT2D eigenvalue weighted by molar-refractivity contribution is 5.96. The van der Waals surface area contributed by atoms with Crippen LogP contribution >= 0.6 is 0 Å². The largest absolute Gasteiger partial charge is 0.381 e. The van der Waals surface area contributed by atoms with Crippen molar-refractivity contribution >= 4 is 11.6 Å². The molecule has 1 saturated heterocycles. The van der Waals surface area contributed by atoms with Crippen LogP contribution in [0.4, 0.5) is 5.69 Å². The summed E-state index contributed by atoms with van der Waals surface area (Å²) in [5.74, 6) is 5.31. The topological polar surface area (TPSA) is 76.4 Å². The first-order valence-electron chi connectivity index (χ1n) is 6.52. The smallest absolute Gasteiger partial charge is 0.251 e. The quantitative estimate of drug-likeness (QED) is 0.571. The SMILES string of the molecule is Cc1cc(NN)ccc1C(=O)NC1(C)CCOCC1. The Balaban J connectivity index is 2.11. The lowest BCUT2D eigenvalue weighted by Crippen LogP contribution is -2.49. The molecule has 0 aromatic heterocycles. The van der Waals surface area contributed by atoms with Crippen molar-refractivity contribution in [2.24, 2.45) is 5.84 Å². The zero-order valence-electron chi connectivity index (χ0n) is 11.5. The Hall–Kier alpha value is -1.59. The van der Waals surface area contributed by atoms with E-state index in [2.05, 4.69) is 17.7 Å². The van der Waals surface area contributed by atoms with Gasteiger partial charge in [-0.2, -0.15) is 0 Å². The van der Waals surface area contributed by atoms with Gasteiger partial charge in [0.15, 0.2) is 0 Å². The molecule has 1 aromatic rings. The number of rotatable bonds is 3. The zero-order chi connectivity index (χ0) is 13.9. The van der Waals surface area contributed by atoms with Crippen LogP contribution in [0.25, 0.3) is 0 Å². The second-order valence-corrected chi connectivity index (χ2v) is 5.30. The molecule has 2 rings (SSSR count). The van der Waals surface area contributed by atoms with Gasteiger partial charge in [-0.05, 0) is 50.5 Å². The van der Waals surface area contributed by atoms with E-state index in [1.54, 1.807) is 12.1 Å². The van der Waals surface area contributed by atoms with E-state index in [1.165, 1.54) is 0 Å². The predicted octanol–water partition coefficient (Wildman–Crippen LogP) is 1.58.